The average Bonchev–Trinajstić information content (AvgIpc) is 2.71. The summed E-state index contributed by atoms with van der Waals surface area (Å²) in [7, 11) is 0. The molecule has 2 unspecified atom stereocenters. The van der Waals surface area contributed by atoms with Crippen molar-refractivity contribution in [1.29, 1.82) is 0 Å². The second kappa shape index (κ2) is 6.91. The Bertz CT molecular complexity index is 362. The lowest BCUT2D eigenvalue weighted by Crippen LogP contribution is -2.18. The zero-order valence-electron chi connectivity index (χ0n) is 11.3. The number of aliphatic hydroxyl groups excluding tert-OH is 1. The van der Waals surface area contributed by atoms with Crippen LogP contribution in [-0.2, 0) is 11.2 Å². The summed E-state index contributed by atoms with van der Waals surface area (Å²) in [5.74, 6) is 0. The predicted molar refractivity (Wildman–Crippen MR) is 73.6 cm³/mol. The Balaban J connectivity index is 1.70. The van der Waals surface area contributed by atoms with Crippen LogP contribution in [0.25, 0.3) is 0 Å². The van der Waals surface area contributed by atoms with Gasteiger partial charge in [-0.15, -0.1) is 0 Å². The van der Waals surface area contributed by atoms with Gasteiger partial charge in [0, 0.05) is 13.0 Å². The number of ether oxygens (including phenoxy) is 1. The molecule has 0 bridgehead atoms. The molecule has 2 nitrogen and oxygen atoms in total. The summed E-state index contributed by atoms with van der Waals surface area (Å²) in [6, 6.07) is 8.10. The van der Waals surface area contributed by atoms with Gasteiger partial charge in [-0.05, 0) is 17.5 Å². The fraction of sp³-hybridized carbons (Fsp3) is 0.625. The second-order valence-corrected chi connectivity index (χ2v) is 5.17. The van der Waals surface area contributed by atoms with E-state index in [-0.39, 0.29) is 6.10 Å². The highest BCUT2D eigenvalue weighted by atomic mass is 16.5. The lowest BCUT2D eigenvalue weighted by molar-refractivity contribution is -0.0289. The van der Waals surface area contributed by atoms with Gasteiger partial charge in [0.25, 0.3) is 0 Å². The molecule has 0 aromatic heterocycles. The number of benzene rings is 1. The minimum absolute atomic E-state index is 0.0337. The third-order valence-corrected chi connectivity index (χ3v) is 3.73. The zero-order chi connectivity index (χ0) is 12.8. The Labute approximate surface area is 110 Å². The first-order valence-electron chi connectivity index (χ1n) is 7.20. The van der Waals surface area contributed by atoms with E-state index >= 15 is 0 Å². The number of aliphatic hydroxyl groups is 1. The van der Waals surface area contributed by atoms with Gasteiger partial charge in [-0.1, -0.05) is 56.9 Å². The summed E-state index contributed by atoms with van der Waals surface area (Å²) in [6.07, 6.45) is 6.63. The normalized spacial score (nSPS) is 22.1. The Morgan fingerprint density at radius 3 is 2.72 bits per heavy atom. The highest BCUT2D eigenvalue weighted by Crippen LogP contribution is 2.33. The molecule has 1 aliphatic rings. The molecule has 0 heterocycles. The molecule has 0 fully saturated rings. The third kappa shape index (κ3) is 3.33. The molecular formula is C16H24O2. The SMILES string of the molecule is CCCCCCCOC1Cc2ccccc2C1O. The summed E-state index contributed by atoms with van der Waals surface area (Å²) < 4.78 is 5.83. The van der Waals surface area contributed by atoms with Crippen molar-refractivity contribution < 1.29 is 9.84 Å². The van der Waals surface area contributed by atoms with Crippen LogP contribution in [0.15, 0.2) is 24.3 Å². The quantitative estimate of drug-likeness (QED) is 0.747. The lowest BCUT2D eigenvalue weighted by atomic mass is 10.1. The van der Waals surface area contributed by atoms with Crippen LogP contribution in [0.1, 0.15) is 56.3 Å². The summed E-state index contributed by atoms with van der Waals surface area (Å²) in [4.78, 5) is 0. The fourth-order valence-electron chi connectivity index (χ4n) is 2.63. The van der Waals surface area contributed by atoms with Crippen molar-refractivity contribution in [1.82, 2.24) is 0 Å². The van der Waals surface area contributed by atoms with Crippen LogP contribution in [0, 0.1) is 0 Å². The largest absolute Gasteiger partial charge is 0.386 e. The summed E-state index contributed by atoms with van der Waals surface area (Å²) in [5, 5.41) is 10.2. The molecule has 0 saturated heterocycles. The zero-order valence-corrected chi connectivity index (χ0v) is 11.3. The van der Waals surface area contributed by atoms with Crippen LogP contribution in [0.4, 0.5) is 0 Å². The van der Waals surface area contributed by atoms with E-state index < -0.39 is 6.10 Å². The average molecular weight is 248 g/mol. The monoisotopic (exact) mass is 248 g/mol. The summed E-state index contributed by atoms with van der Waals surface area (Å²) in [6.45, 7) is 3.00. The van der Waals surface area contributed by atoms with E-state index in [4.69, 9.17) is 4.74 Å². The van der Waals surface area contributed by atoms with Crippen molar-refractivity contribution in [3.05, 3.63) is 35.4 Å². The maximum absolute atomic E-state index is 10.2. The first kappa shape index (κ1) is 13.6. The third-order valence-electron chi connectivity index (χ3n) is 3.73. The van der Waals surface area contributed by atoms with Crippen LogP contribution >= 0.6 is 0 Å². The van der Waals surface area contributed by atoms with Crippen LogP contribution in [0.5, 0.6) is 0 Å². The van der Waals surface area contributed by atoms with Gasteiger partial charge in [0.15, 0.2) is 0 Å². The topological polar surface area (TPSA) is 29.5 Å². The van der Waals surface area contributed by atoms with Crippen LogP contribution in [0.2, 0.25) is 0 Å². The predicted octanol–water partition coefficient (Wildman–Crippen LogP) is 3.63. The first-order valence-corrected chi connectivity index (χ1v) is 7.20. The van der Waals surface area contributed by atoms with Gasteiger partial charge in [0.05, 0.1) is 6.10 Å². The Kier molecular flexibility index (Phi) is 5.21. The molecule has 0 spiro atoms. The molecule has 2 heteroatoms. The standard InChI is InChI=1S/C16H24O2/c1-2-3-4-5-8-11-18-15-12-13-9-6-7-10-14(13)16(15)17/h6-7,9-10,15-17H,2-5,8,11-12H2,1H3. The van der Waals surface area contributed by atoms with Gasteiger partial charge in [-0.2, -0.15) is 0 Å². The highest BCUT2D eigenvalue weighted by molar-refractivity contribution is 5.35. The van der Waals surface area contributed by atoms with E-state index in [2.05, 4.69) is 13.0 Å². The Morgan fingerprint density at radius 2 is 1.94 bits per heavy atom. The summed E-state index contributed by atoms with van der Waals surface area (Å²) >= 11 is 0. The van der Waals surface area contributed by atoms with Gasteiger partial charge in [-0.3, -0.25) is 0 Å². The van der Waals surface area contributed by atoms with Gasteiger partial charge < -0.3 is 9.84 Å². The number of unbranched alkanes of at least 4 members (excludes halogenated alkanes) is 4. The fourth-order valence-corrected chi connectivity index (χ4v) is 2.63. The van der Waals surface area contributed by atoms with Gasteiger partial charge in [-0.25, -0.2) is 0 Å². The number of hydrogen-bond acceptors (Lipinski definition) is 2. The molecule has 0 aliphatic heterocycles. The van der Waals surface area contributed by atoms with E-state index in [1.54, 1.807) is 0 Å². The minimum Gasteiger partial charge on any atom is -0.386 e. The van der Waals surface area contributed by atoms with Gasteiger partial charge >= 0.3 is 0 Å². The smallest absolute Gasteiger partial charge is 0.106 e. The number of hydrogen-bond donors (Lipinski definition) is 1. The molecule has 100 valence electrons. The van der Waals surface area contributed by atoms with Crippen molar-refractivity contribution in [3.63, 3.8) is 0 Å². The molecule has 0 saturated carbocycles. The molecule has 0 amide bonds. The molecule has 0 radical (unpaired) electrons. The maximum atomic E-state index is 10.2. The van der Waals surface area contributed by atoms with Gasteiger partial charge in [0.1, 0.15) is 6.10 Å². The molecule has 2 atom stereocenters. The Hall–Kier alpha value is -0.860. The molecule has 1 N–H and O–H groups in total. The van der Waals surface area contributed by atoms with Gasteiger partial charge in [0.2, 0.25) is 0 Å². The van der Waals surface area contributed by atoms with Crippen molar-refractivity contribution in [2.45, 2.75) is 57.7 Å². The van der Waals surface area contributed by atoms with Crippen LogP contribution in [-0.4, -0.2) is 17.8 Å². The van der Waals surface area contributed by atoms with Crippen molar-refractivity contribution >= 4 is 0 Å². The van der Waals surface area contributed by atoms with E-state index in [9.17, 15) is 5.11 Å². The molecular weight excluding hydrogens is 224 g/mol. The van der Waals surface area contributed by atoms with Crippen molar-refractivity contribution in [2.24, 2.45) is 0 Å². The van der Waals surface area contributed by atoms with E-state index in [1.807, 2.05) is 18.2 Å². The highest BCUT2D eigenvalue weighted by Gasteiger charge is 2.30. The summed E-state index contributed by atoms with van der Waals surface area (Å²) in [5.41, 5.74) is 2.29. The minimum atomic E-state index is -0.433. The Morgan fingerprint density at radius 1 is 1.17 bits per heavy atom. The first-order chi connectivity index (χ1) is 8.83. The maximum Gasteiger partial charge on any atom is 0.106 e. The molecule has 1 aliphatic carbocycles. The second-order valence-electron chi connectivity index (χ2n) is 5.17. The molecule has 1 aromatic carbocycles. The molecule has 18 heavy (non-hydrogen) atoms. The lowest BCUT2D eigenvalue weighted by Gasteiger charge is -2.16. The molecule has 2 rings (SSSR count). The van der Waals surface area contributed by atoms with E-state index in [0.717, 1.165) is 25.0 Å². The van der Waals surface area contributed by atoms with Crippen LogP contribution in [0.3, 0.4) is 0 Å². The van der Waals surface area contributed by atoms with E-state index in [0.29, 0.717) is 0 Å². The van der Waals surface area contributed by atoms with Crippen molar-refractivity contribution in [3.8, 4) is 0 Å². The van der Waals surface area contributed by atoms with Crippen molar-refractivity contribution in [2.75, 3.05) is 6.61 Å². The van der Waals surface area contributed by atoms with E-state index in [1.165, 1.54) is 31.2 Å². The van der Waals surface area contributed by atoms with Crippen LogP contribution < -0.4 is 0 Å². The molecule has 1 aromatic rings. The number of fused-ring (bicyclic) bond motifs is 1. The number of rotatable bonds is 7.